The zero-order valence-corrected chi connectivity index (χ0v) is 8.50. The fourth-order valence-corrected chi connectivity index (χ4v) is 2.09. The molecule has 2 rings (SSSR count). The average molecular weight is 187 g/mol. The lowest BCUT2D eigenvalue weighted by molar-refractivity contribution is 0.637. The van der Waals surface area contributed by atoms with Gasteiger partial charge in [0.2, 0.25) is 0 Å². The van der Waals surface area contributed by atoms with Gasteiger partial charge in [0.1, 0.15) is 0 Å². The molecule has 1 heterocycles. The van der Waals surface area contributed by atoms with E-state index in [1.165, 1.54) is 30.5 Å². The molecule has 1 aromatic rings. The summed E-state index contributed by atoms with van der Waals surface area (Å²) >= 11 is 0. The highest BCUT2D eigenvalue weighted by Gasteiger charge is 2.13. The van der Waals surface area contributed by atoms with Crippen LogP contribution in [0.2, 0.25) is 0 Å². The van der Waals surface area contributed by atoms with Crippen LogP contribution in [0.25, 0.3) is 0 Å². The lowest BCUT2D eigenvalue weighted by atomic mass is 10.1. The molecule has 1 heteroatoms. The van der Waals surface area contributed by atoms with Crippen molar-refractivity contribution in [1.82, 2.24) is 0 Å². The third-order valence-electron chi connectivity index (χ3n) is 2.83. The smallest absolute Gasteiger partial charge is 0.0374 e. The normalized spacial score (nSPS) is 20.4. The maximum atomic E-state index is 3.80. The summed E-state index contributed by atoms with van der Waals surface area (Å²) in [4.78, 5) is 0. The lowest BCUT2D eigenvalue weighted by Gasteiger charge is -2.15. The number of para-hydroxylation sites is 1. The Hall–Kier alpha value is -1.24. The molecule has 0 aliphatic carbocycles. The first-order valence-electron chi connectivity index (χ1n) is 5.35. The minimum atomic E-state index is 0.580. The average Bonchev–Trinajstić information content (AvgIpc) is 2.40. The Labute approximate surface area is 85.8 Å². The second-order valence-corrected chi connectivity index (χ2v) is 3.92. The molecule has 1 nitrogen and oxygen atoms in total. The van der Waals surface area contributed by atoms with E-state index in [4.69, 9.17) is 0 Å². The summed E-state index contributed by atoms with van der Waals surface area (Å²) in [6, 6.07) is 9.20. The van der Waals surface area contributed by atoms with E-state index in [9.17, 15) is 0 Å². The van der Waals surface area contributed by atoms with Crippen molar-refractivity contribution in [3.05, 3.63) is 42.5 Å². The number of hydrogen-bond donors (Lipinski definition) is 1. The van der Waals surface area contributed by atoms with Gasteiger partial charge in [-0.2, -0.15) is 0 Å². The molecule has 0 saturated heterocycles. The van der Waals surface area contributed by atoms with E-state index in [0.717, 1.165) is 6.42 Å². The Morgan fingerprint density at radius 3 is 3.14 bits per heavy atom. The van der Waals surface area contributed by atoms with Crippen molar-refractivity contribution in [2.75, 3.05) is 5.32 Å². The third-order valence-corrected chi connectivity index (χ3v) is 2.83. The van der Waals surface area contributed by atoms with Gasteiger partial charge < -0.3 is 5.32 Å². The summed E-state index contributed by atoms with van der Waals surface area (Å²) in [6.45, 7) is 3.80. The van der Waals surface area contributed by atoms with Crippen LogP contribution in [0.15, 0.2) is 36.9 Å². The number of aryl methyl sites for hydroxylation is 1. The van der Waals surface area contributed by atoms with Crippen molar-refractivity contribution in [1.29, 1.82) is 0 Å². The molecule has 1 aliphatic rings. The lowest BCUT2D eigenvalue weighted by Crippen LogP contribution is -2.17. The second-order valence-electron chi connectivity index (χ2n) is 3.92. The molecule has 0 bridgehead atoms. The van der Waals surface area contributed by atoms with Crippen LogP contribution >= 0.6 is 0 Å². The molecule has 1 unspecified atom stereocenters. The molecule has 0 radical (unpaired) electrons. The minimum absolute atomic E-state index is 0.580. The summed E-state index contributed by atoms with van der Waals surface area (Å²) in [5.74, 6) is 0. The first-order valence-corrected chi connectivity index (χ1v) is 5.35. The zero-order valence-electron chi connectivity index (χ0n) is 8.50. The number of nitrogens with one attached hydrogen (secondary N) is 1. The van der Waals surface area contributed by atoms with Crippen molar-refractivity contribution in [2.45, 2.75) is 31.7 Å². The number of benzene rings is 1. The van der Waals surface area contributed by atoms with Crippen LogP contribution in [0.3, 0.4) is 0 Å². The van der Waals surface area contributed by atoms with Crippen LogP contribution in [0.1, 0.15) is 24.8 Å². The van der Waals surface area contributed by atoms with E-state index in [-0.39, 0.29) is 0 Å². The molecule has 74 valence electrons. The second kappa shape index (κ2) is 4.32. The Kier molecular flexibility index (Phi) is 2.87. The minimum Gasteiger partial charge on any atom is -0.382 e. The first-order chi connectivity index (χ1) is 6.90. The molecule has 1 aromatic carbocycles. The predicted octanol–water partition coefficient (Wildman–Crippen LogP) is 3.38. The van der Waals surface area contributed by atoms with Crippen LogP contribution < -0.4 is 5.32 Å². The van der Waals surface area contributed by atoms with E-state index in [1.807, 2.05) is 6.08 Å². The third kappa shape index (κ3) is 1.98. The molecule has 0 fully saturated rings. The van der Waals surface area contributed by atoms with Crippen LogP contribution in [-0.4, -0.2) is 6.04 Å². The number of anilines is 1. The van der Waals surface area contributed by atoms with Crippen molar-refractivity contribution < 1.29 is 0 Å². The zero-order chi connectivity index (χ0) is 9.80. The highest BCUT2D eigenvalue weighted by molar-refractivity contribution is 5.52. The molecule has 0 saturated carbocycles. The molecular weight excluding hydrogens is 170 g/mol. The van der Waals surface area contributed by atoms with Gasteiger partial charge in [0, 0.05) is 11.7 Å². The van der Waals surface area contributed by atoms with Crippen LogP contribution in [0, 0.1) is 0 Å². The number of rotatable bonds is 2. The van der Waals surface area contributed by atoms with Gasteiger partial charge in [-0.25, -0.2) is 0 Å². The summed E-state index contributed by atoms with van der Waals surface area (Å²) in [7, 11) is 0. The van der Waals surface area contributed by atoms with Gasteiger partial charge in [-0.15, -0.1) is 6.58 Å². The van der Waals surface area contributed by atoms with Crippen molar-refractivity contribution in [2.24, 2.45) is 0 Å². The van der Waals surface area contributed by atoms with Crippen molar-refractivity contribution in [3.8, 4) is 0 Å². The summed E-state index contributed by atoms with van der Waals surface area (Å²) in [5, 5.41) is 3.59. The van der Waals surface area contributed by atoms with Gasteiger partial charge in [-0.3, -0.25) is 0 Å². The van der Waals surface area contributed by atoms with Crippen molar-refractivity contribution >= 4 is 5.69 Å². The summed E-state index contributed by atoms with van der Waals surface area (Å²) in [6.07, 6.45) is 6.81. The molecule has 0 aromatic heterocycles. The van der Waals surface area contributed by atoms with E-state index in [2.05, 4.69) is 36.2 Å². The SMILES string of the molecule is C=CCC1CCCc2ccccc2N1. The molecule has 0 amide bonds. The standard InChI is InChI=1S/C13H17N/c1-2-6-12-9-5-8-11-7-3-4-10-13(11)14-12/h2-4,7,10,12,14H,1,5-6,8-9H2. The Bertz CT molecular complexity index is 317. The Morgan fingerprint density at radius 2 is 2.29 bits per heavy atom. The van der Waals surface area contributed by atoms with Crippen LogP contribution in [0.5, 0.6) is 0 Å². The number of fused-ring (bicyclic) bond motifs is 1. The quantitative estimate of drug-likeness (QED) is 0.700. The van der Waals surface area contributed by atoms with E-state index < -0.39 is 0 Å². The predicted molar refractivity (Wildman–Crippen MR) is 61.6 cm³/mol. The monoisotopic (exact) mass is 187 g/mol. The van der Waals surface area contributed by atoms with Gasteiger partial charge in [-0.05, 0) is 37.3 Å². The maximum Gasteiger partial charge on any atom is 0.0374 e. The van der Waals surface area contributed by atoms with E-state index >= 15 is 0 Å². The molecule has 1 aliphatic heterocycles. The fraction of sp³-hybridized carbons (Fsp3) is 0.385. The van der Waals surface area contributed by atoms with Crippen LogP contribution in [-0.2, 0) is 6.42 Å². The molecular formula is C13H17N. The van der Waals surface area contributed by atoms with Gasteiger partial charge >= 0.3 is 0 Å². The van der Waals surface area contributed by atoms with Gasteiger partial charge in [0.15, 0.2) is 0 Å². The van der Waals surface area contributed by atoms with Gasteiger partial charge in [0.25, 0.3) is 0 Å². The molecule has 0 spiro atoms. The van der Waals surface area contributed by atoms with Gasteiger partial charge in [-0.1, -0.05) is 24.3 Å². The topological polar surface area (TPSA) is 12.0 Å². The van der Waals surface area contributed by atoms with Crippen molar-refractivity contribution in [3.63, 3.8) is 0 Å². The summed E-state index contributed by atoms with van der Waals surface area (Å²) < 4.78 is 0. The Balaban J connectivity index is 2.17. The molecule has 14 heavy (non-hydrogen) atoms. The Morgan fingerprint density at radius 1 is 1.43 bits per heavy atom. The van der Waals surface area contributed by atoms with Gasteiger partial charge in [0.05, 0.1) is 0 Å². The van der Waals surface area contributed by atoms with Crippen LogP contribution in [0.4, 0.5) is 5.69 Å². The highest BCUT2D eigenvalue weighted by Crippen LogP contribution is 2.24. The van der Waals surface area contributed by atoms with E-state index in [1.54, 1.807) is 0 Å². The highest BCUT2D eigenvalue weighted by atomic mass is 14.9. The molecule has 1 N–H and O–H groups in total. The summed E-state index contributed by atoms with van der Waals surface area (Å²) in [5.41, 5.74) is 2.77. The largest absolute Gasteiger partial charge is 0.382 e. The molecule has 1 atom stereocenters. The fourth-order valence-electron chi connectivity index (χ4n) is 2.09. The number of hydrogen-bond acceptors (Lipinski definition) is 1. The first kappa shape index (κ1) is 9.32. The maximum absolute atomic E-state index is 3.80. The van der Waals surface area contributed by atoms with E-state index in [0.29, 0.717) is 6.04 Å².